The van der Waals surface area contributed by atoms with Crippen molar-refractivity contribution >= 4 is 65.7 Å². The number of amidine groups is 1. The molecule has 0 unspecified atom stereocenters. The summed E-state index contributed by atoms with van der Waals surface area (Å²) in [5, 5.41) is 18.4. The van der Waals surface area contributed by atoms with Gasteiger partial charge < -0.3 is 0 Å². The summed E-state index contributed by atoms with van der Waals surface area (Å²) >= 11 is 2.09. The number of para-hydroxylation sites is 2. The molecule has 0 fully saturated rings. The minimum atomic E-state index is -4.99. The number of benzene rings is 3. The molecule has 3 aromatic carbocycles. The van der Waals surface area contributed by atoms with E-state index >= 15 is 0 Å². The van der Waals surface area contributed by atoms with Gasteiger partial charge in [0.15, 0.2) is 11.5 Å². The number of nitrogens with zero attached hydrogens (tertiary/aromatic N) is 4. The molecule has 0 aliphatic carbocycles. The van der Waals surface area contributed by atoms with Crippen molar-refractivity contribution in [2.75, 3.05) is 10.2 Å². The highest BCUT2D eigenvalue weighted by Crippen LogP contribution is 2.33. The van der Waals surface area contributed by atoms with Crippen LogP contribution in [0.1, 0.15) is 5.56 Å². The van der Waals surface area contributed by atoms with Crippen molar-refractivity contribution in [1.29, 1.82) is 0 Å². The van der Waals surface area contributed by atoms with Gasteiger partial charge in [-0.05, 0) is 71.1 Å². The summed E-state index contributed by atoms with van der Waals surface area (Å²) in [7, 11) is -9.77. The molecule has 1 aliphatic heterocycles. The Morgan fingerprint density at radius 2 is 1.60 bits per heavy atom. The van der Waals surface area contributed by atoms with Crippen molar-refractivity contribution in [1.82, 2.24) is 5.43 Å². The van der Waals surface area contributed by atoms with Crippen LogP contribution in [0.3, 0.4) is 0 Å². The molecule has 0 saturated carbocycles. The third kappa shape index (κ3) is 5.05. The quantitative estimate of drug-likeness (QED) is 0.157. The minimum absolute atomic E-state index is 0.0535. The molecule has 16 heteroatoms. The first-order chi connectivity index (χ1) is 16.4. The monoisotopic (exact) mass is 631 g/mol. The molecule has 1 heterocycles. The Morgan fingerprint density at radius 3 is 2.20 bits per heavy atom. The van der Waals surface area contributed by atoms with E-state index in [-0.39, 0.29) is 22.8 Å². The van der Waals surface area contributed by atoms with Crippen molar-refractivity contribution in [3.63, 3.8) is 0 Å². The fourth-order valence-corrected chi connectivity index (χ4v) is 4.86. The maximum atomic E-state index is 12.1. The van der Waals surface area contributed by atoms with E-state index in [1.807, 2.05) is 0 Å². The van der Waals surface area contributed by atoms with Crippen LogP contribution in [0, 0.1) is 13.7 Å². The van der Waals surface area contributed by atoms with E-state index in [9.17, 15) is 36.1 Å². The molecule has 0 aromatic heterocycles. The molecule has 0 radical (unpaired) electrons. The number of hydrogen-bond donors (Lipinski definition) is 3. The van der Waals surface area contributed by atoms with Gasteiger partial charge in [0.05, 0.1) is 15.5 Å². The summed E-state index contributed by atoms with van der Waals surface area (Å²) < 4.78 is 67.0. The Labute approximate surface area is 212 Å². The maximum Gasteiger partial charge on any atom is 0.296 e. The lowest BCUT2D eigenvalue weighted by molar-refractivity contribution is -0.384. The first-order valence-electron chi connectivity index (χ1n) is 9.40. The van der Waals surface area contributed by atoms with Crippen molar-refractivity contribution < 1.29 is 30.9 Å². The molecule has 182 valence electrons. The average molecular weight is 631 g/mol. The van der Waals surface area contributed by atoms with Gasteiger partial charge in [-0.2, -0.15) is 27.1 Å². The van der Waals surface area contributed by atoms with Crippen LogP contribution >= 0.6 is 22.6 Å². The van der Waals surface area contributed by atoms with Gasteiger partial charge >= 0.3 is 0 Å². The molecule has 13 nitrogen and oxygen atoms in total. The Kier molecular flexibility index (Phi) is 6.40. The summed E-state index contributed by atoms with van der Waals surface area (Å²) in [5.74, 6) is -0.184. The third-order valence-electron chi connectivity index (χ3n) is 4.74. The predicted molar refractivity (Wildman–Crippen MR) is 133 cm³/mol. The lowest BCUT2D eigenvalue weighted by Gasteiger charge is -2.27. The molecule has 0 bridgehead atoms. The Balaban J connectivity index is 1.91. The number of nitro benzene ring substituents is 1. The molecule has 0 saturated heterocycles. The zero-order valence-electron chi connectivity index (χ0n) is 17.2. The second kappa shape index (κ2) is 9.04. The largest absolute Gasteiger partial charge is 0.296 e. The topological polar surface area (TPSA) is 183 Å². The maximum absolute atomic E-state index is 12.1. The van der Waals surface area contributed by atoms with Gasteiger partial charge in [0.1, 0.15) is 4.90 Å². The van der Waals surface area contributed by atoms with Crippen molar-refractivity contribution in [3.8, 4) is 0 Å². The second-order valence-corrected chi connectivity index (χ2v) is 11.0. The molecular weight excluding hydrogens is 617 g/mol. The number of anilines is 2. The van der Waals surface area contributed by atoms with Crippen molar-refractivity contribution in [2.24, 2.45) is 5.10 Å². The summed E-state index contributed by atoms with van der Waals surface area (Å²) in [6.45, 7) is 0. The van der Waals surface area contributed by atoms with E-state index in [0.717, 1.165) is 15.7 Å². The Morgan fingerprint density at radius 1 is 0.943 bits per heavy atom. The molecule has 35 heavy (non-hydrogen) atoms. The van der Waals surface area contributed by atoms with Gasteiger partial charge in [-0.15, -0.1) is 5.10 Å². The molecule has 3 N–H and O–H groups in total. The fraction of sp³-hybridized carbons (Fsp3) is 0. The molecule has 4 rings (SSSR count). The van der Waals surface area contributed by atoms with Gasteiger partial charge in [0.2, 0.25) is 0 Å². The van der Waals surface area contributed by atoms with E-state index < -0.39 is 35.0 Å². The number of nitrogens with one attached hydrogen (secondary N) is 1. The number of hydrogen-bond acceptors (Lipinski definition) is 10. The molecule has 0 atom stereocenters. The Hall–Kier alpha value is -3.32. The summed E-state index contributed by atoms with van der Waals surface area (Å²) in [6, 6.07) is 15.1. The zero-order chi connectivity index (χ0) is 25.5. The highest BCUT2D eigenvalue weighted by molar-refractivity contribution is 14.1. The lowest BCUT2D eigenvalue weighted by atomic mass is 10.2. The van der Waals surface area contributed by atoms with Gasteiger partial charge in [-0.25, -0.2) is 0 Å². The lowest BCUT2D eigenvalue weighted by Crippen LogP contribution is -2.45. The number of hydrazine groups is 2. The van der Waals surface area contributed by atoms with Gasteiger partial charge in [0, 0.05) is 15.2 Å². The molecular formula is C19H14IN5O8S2. The number of halogens is 1. The standard InChI is InChI=1S/C19H14IN5O8S2/c20-12-5-7-13(8-6-12)23-21-19(22-24(23)16-3-1-2-4-17(16)25(26)27)15-10-9-14(34(28,29)30)11-18(15)35(31,32)33/h1-11H,(H,21,22)(H,28,29,30)(H,31,32,33). The number of nitro groups is 1. The van der Waals surface area contributed by atoms with Gasteiger partial charge in [-0.1, -0.05) is 12.1 Å². The summed E-state index contributed by atoms with van der Waals surface area (Å²) in [4.78, 5) is 9.41. The average Bonchev–Trinajstić information content (AvgIpc) is 3.23. The summed E-state index contributed by atoms with van der Waals surface area (Å²) in [5.41, 5.74) is 2.72. The second-order valence-electron chi connectivity index (χ2n) is 6.99. The van der Waals surface area contributed by atoms with Gasteiger partial charge in [0.25, 0.3) is 25.9 Å². The normalized spacial score (nSPS) is 14.0. The first kappa shape index (κ1) is 24.8. The summed E-state index contributed by atoms with van der Waals surface area (Å²) in [6.07, 6.45) is 0. The van der Waals surface area contributed by atoms with E-state index in [2.05, 4.69) is 33.1 Å². The highest BCUT2D eigenvalue weighted by atomic mass is 127. The predicted octanol–water partition coefficient (Wildman–Crippen LogP) is 2.80. The van der Waals surface area contributed by atoms with E-state index in [4.69, 9.17) is 0 Å². The van der Waals surface area contributed by atoms with E-state index in [1.54, 1.807) is 30.3 Å². The van der Waals surface area contributed by atoms with Crippen LogP contribution in [0.2, 0.25) is 0 Å². The highest BCUT2D eigenvalue weighted by Gasteiger charge is 2.33. The molecule has 1 aliphatic rings. The van der Waals surface area contributed by atoms with Crippen molar-refractivity contribution in [2.45, 2.75) is 9.79 Å². The third-order valence-corrected chi connectivity index (χ3v) is 7.21. The number of hydrazone groups is 1. The van der Waals surface area contributed by atoms with Crippen LogP contribution in [0.4, 0.5) is 17.1 Å². The molecule has 0 amide bonds. The van der Waals surface area contributed by atoms with Crippen molar-refractivity contribution in [3.05, 3.63) is 86.0 Å². The number of rotatable bonds is 6. The van der Waals surface area contributed by atoms with E-state index in [1.165, 1.54) is 28.4 Å². The Bertz CT molecular complexity index is 1580. The SMILES string of the molecule is O=[N+]([O-])c1ccccc1N1NC(c2ccc(S(=O)(=O)O)cc2S(=O)(=O)O)=NN1c1ccc(I)cc1. The van der Waals surface area contributed by atoms with Gasteiger partial charge in [-0.3, -0.25) is 24.6 Å². The van der Waals surface area contributed by atoms with E-state index in [0.29, 0.717) is 11.8 Å². The van der Waals surface area contributed by atoms with Crippen LogP contribution in [-0.4, -0.2) is 36.7 Å². The van der Waals surface area contributed by atoms with Crippen LogP contribution in [0.5, 0.6) is 0 Å². The first-order valence-corrected chi connectivity index (χ1v) is 13.4. The van der Waals surface area contributed by atoms with Crippen LogP contribution in [0.25, 0.3) is 0 Å². The van der Waals surface area contributed by atoms with Crippen LogP contribution < -0.4 is 15.7 Å². The minimum Gasteiger partial charge on any atom is -0.282 e. The zero-order valence-corrected chi connectivity index (χ0v) is 21.0. The van der Waals surface area contributed by atoms with Crippen LogP contribution in [-0.2, 0) is 20.2 Å². The molecule has 3 aromatic rings. The molecule has 0 spiro atoms. The van der Waals surface area contributed by atoms with Crippen LogP contribution in [0.15, 0.2) is 81.6 Å². The smallest absolute Gasteiger partial charge is 0.282 e. The fourth-order valence-electron chi connectivity index (χ4n) is 3.20.